The van der Waals surface area contributed by atoms with Crippen LogP contribution in [0.5, 0.6) is 5.75 Å². The molecule has 2 aliphatic rings. The van der Waals surface area contributed by atoms with Crippen LogP contribution in [0.25, 0.3) is 0 Å². The van der Waals surface area contributed by atoms with Crippen molar-refractivity contribution in [2.45, 2.75) is 38.6 Å². The van der Waals surface area contributed by atoms with Gasteiger partial charge in [0.05, 0.1) is 19.2 Å². The van der Waals surface area contributed by atoms with E-state index in [1.165, 1.54) is 18.5 Å². The van der Waals surface area contributed by atoms with E-state index in [0.29, 0.717) is 30.0 Å². The maximum absolute atomic E-state index is 13.7. The maximum Gasteiger partial charge on any atom is 0.315 e. The number of fused-ring (bicyclic) bond motifs is 2. The Bertz CT molecular complexity index is 794. The van der Waals surface area contributed by atoms with Crippen molar-refractivity contribution in [3.8, 4) is 5.75 Å². The first-order chi connectivity index (χ1) is 12.2. The standard InChI is InChI=1S/C16H18FN5O3/c17-12-3-10(15-11(4-12)7-24-9-25-15)5-18-16(23)21-13-1-2-14-19-8-20-22(14)6-13/h3-4,8,13H,1-2,5-7,9H2,(H2,18,21,23)/t13-/m0/s1. The monoisotopic (exact) mass is 347 g/mol. The lowest BCUT2D eigenvalue weighted by Crippen LogP contribution is -2.45. The molecule has 2 N–H and O–H groups in total. The summed E-state index contributed by atoms with van der Waals surface area (Å²) in [7, 11) is 0. The number of benzene rings is 1. The average Bonchev–Trinajstić information content (AvgIpc) is 3.07. The van der Waals surface area contributed by atoms with Gasteiger partial charge in [0, 0.05) is 24.1 Å². The van der Waals surface area contributed by atoms with E-state index in [1.807, 2.05) is 0 Å². The largest absolute Gasteiger partial charge is 0.467 e. The first-order valence-electron chi connectivity index (χ1n) is 8.12. The molecule has 3 heterocycles. The van der Waals surface area contributed by atoms with Crippen molar-refractivity contribution in [3.63, 3.8) is 0 Å². The van der Waals surface area contributed by atoms with Gasteiger partial charge in [-0.1, -0.05) is 0 Å². The van der Waals surface area contributed by atoms with Crippen LogP contribution in [0.1, 0.15) is 23.4 Å². The molecular weight excluding hydrogens is 329 g/mol. The Labute approximate surface area is 143 Å². The zero-order chi connectivity index (χ0) is 17.2. The van der Waals surface area contributed by atoms with Gasteiger partial charge in [0.2, 0.25) is 0 Å². The molecule has 25 heavy (non-hydrogen) atoms. The molecule has 0 bridgehead atoms. The summed E-state index contributed by atoms with van der Waals surface area (Å²) < 4.78 is 26.1. The van der Waals surface area contributed by atoms with Crippen LogP contribution in [0.15, 0.2) is 18.5 Å². The van der Waals surface area contributed by atoms with Crippen LogP contribution < -0.4 is 15.4 Å². The molecule has 2 amide bonds. The zero-order valence-electron chi connectivity index (χ0n) is 13.5. The number of urea groups is 1. The number of nitrogens with zero attached hydrogens (tertiary/aromatic N) is 3. The number of carbonyl (C=O) groups is 1. The molecule has 1 aromatic carbocycles. The van der Waals surface area contributed by atoms with E-state index in [-0.39, 0.29) is 31.2 Å². The fourth-order valence-electron chi connectivity index (χ4n) is 3.16. The Morgan fingerprint density at radius 3 is 3.28 bits per heavy atom. The summed E-state index contributed by atoms with van der Waals surface area (Å²) in [6.45, 7) is 1.19. The SMILES string of the molecule is O=C(NCc1cc(F)cc2c1OCOC2)N[C@H]1CCc2ncnn2C1. The van der Waals surface area contributed by atoms with E-state index >= 15 is 0 Å². The van der Waals surface area contributed by atoms with Crippen molar-refractivity contribution in [3.05, 3.63) is 41.2 Å². The molecule has 1 atom stereocenters. The average molecular weight is 347 g/mol. The molecule has 132 valence electrons. The van der Waals surface area contributed by atoms with Crippen molar-refractivity contribution in [2.24, 2.45) is 0 Å². The Morgan fingerprint density at radius 2 is 2.36 bits per heavy atom. The van der Waals surface area contributed by atoms with Gasteiger partial charge in [-0.3, -0.25) is 0 Å². The Morgan fingerprint density at radius 1 is 1.44 bits per heavy atom. The molecular formula is C16H18FN5O3. The second-order valence-corrected chi connectivity index (χ2v) is 6.08. The van der Waals surface area contributed by atoms with E-state index in [1.54, 1.807) is 4.68 Å². The highest BCUT2D eigenvalue weighted by Gasteiger charge is 2.22. The molecule has 9 heteroatoms. The highest BCUT2D eigenvalue weighted by molar-refractivity contribution is 5.74. The Balaban J connectivity index is 1.36. The minimum atomic E-state index is -0.379. The number of hydrogen-bond acceptors (Lipinski definition) is 5. The number of nitrogens with one attached hydrogen (secondary N) is 2. The van der Waals surface area contributed by atoms with E-state index in [9.17, 15) is 9.18 Å². The van der Waals surface area contributed by atoms with E-state index < -0.39 is 0 Å². The third kappa shape index (κ3) is 3.41. The van der Waals surface area contributed by atoms with E-state index in [2.05, 4.69) is 20.7 Å². The fraction of sp³-hybridized carbons (Fsp3) is 0.438. The van der Waals surface area contributed by atoms with E-state index in [0.717, 1.165) is 18.7 Å². The van der Waals surface area contributed by atoms with Crippen molar-refractivity contribution < 1.29 is 18.7 Å². The van der Waals surface area contributed by atoms with E-state index in [4.69, 9.17) is 9.47 Å². The maximum atomic E-state index is 13.7. The summed E-state index contributed by atoms with van der Waals surface area (Å²) in [5, 5.41) is 9.80. The summed E-state index contributed by atoms with van der Waals surface area (Å²) in [6.07, 6.45) is 3.10. The third-order valence-corrected chi connectivity index (χ3v) is 4.33. The lowest BCUT2D eigenvalue weighted by molar-refractivity contribution is -0.0173. The fourth-order valence-corrected chi connectivity index (χ4v) is 3.16. The van der Waals surface area contributed by atoms with Gasteiger partial charge in [0.1, 0.15) is 23.7 Å². The first kappa shape index (κ1) is 15.8. The van der Waals surface area contributed by atoms with Gasteiger partial charge in [-0.2, -0.15) is 5.10 Å². The molecule has 8 nitrogen and oxygen atoms in total. The van der Waals surface area contributed by atoms with Crippen molar-refractivity contribution in [2.75, 3.05) is 6.79 Å². The molecule has 0 saturated heterocycles. The van der Waals surface area contributed by atoms with Crippen LogP contribution in [-0.4, -0.2) is 33.6 Å². The van der Waals surface area contributed by atoms with Crippen LogP contribution in [0.4, 0.5) is 9.18 Å². The summed E-state index contributed by atoms with van der Waals surface area (Å²) in [6, 6.07) is 2.43. The summed E-state index contributed by atoms with van der Waals surface area (Å²) >= 11 is 0. The van der Waals surface area contributed by atoms with Gasteiger partial charge in [-0.15, -0.1) is 0 Å². The number of amides is 2. The van der Waals surface area contributed by atoms with Gasteiger partial charge < -0.3 is 20.1 Å². The highest BCUT2D eigenvalue weighted by atomic mass is 19.1. The Kier molecular flexibility index (Phi) is 4.22. The highest BCUT2D eigenvalue weighted by Crippen LogP contribution is 2.29. The molecule has 2 aliphatic heterocycles. The lowest BCUT2D eigenvalue weighted by Gasteiger charge is -2.24. The molecule has 2 aromatic rings. The molecule has 0 radical (unpaired) electrons. The number of ether oxygens (including phenoxy) is 2. The lowest BCUT2D eigenvalue weighted by atomic mass is 10.1. The molecule has 1 aromatic heterocycles. The Hall–Kier alpha value is -2.68. The molecule has 0 spiro atoms. The smallest absolute Gasteiger partial charge is 0.315 e. The molecule has 0 aliphatic carbocycles. The second-order valence-electron chi connectivity index (χ2n) is 6.08. The minimum Gasteiger partial charge on any atom is -0.467 e. The normalized spacial score (nSPS) is 18.7. The van der Waals surface area contributed by atoms with Gasteiger partial charge in [0.15, 0.2) is 6.79 Å². The van der Waals surface area contributed by atoms with Crippen molar-refractivity contribution in [1.82, 2.24) is 25.4 Å². The van der Waals surface area contributed by atoms with Crippen LogP contribution in [0.3, 0.4) is 0 Å². The molecule has 4 rings (SSSR count). The molecule has 0 unspecified atom stereocenters. The second kappa shape index (κ2) is 6.67. The minimum absolute atomic E-state index is 0.0136. The van der Waals surface area contributed by atoms with Crippen LogP contribution in [0, 0.1) is 5.82 Å². The topological polar surface area (TPSA) is 90.3 Å². The number of rotatable bonds is 3. The molecule has 0 saturated carbocycles. The predicted molar refractivity (Wildman–Crippen MR) is 84.2 cm³/mol. The summed E-state index contributed by atoms with van der Waals surface area (Å²) in [4.78, 5) is 16.3. The summed E-state index contributed by atoms with van der Waals surface area (Å²) in [5.74, 6) is 1.14. The first-order valence-corrected chi connectivity index (χ1v) is 8.12. The number of aryl methyl sites for hydroxylation is 1. The van der Waals surface area contributed by atoms with Crippen LogP contribution in [-0.2, 0) is 30.9 Å². The molecule has 0 fully saturated rings. The third-order valence-electron chi connectivity index (χ3n) is 4.33. The van der Waals surface area contributed by atoms with Gasteiger partial charge in [-0.05, 0) is 18.6 Å². The van der Waals surface area contributed by atoms with Crippen molar-refractivity contribution in [1.29, 1.82) is 0 Å². The van der Waals surface area contributed by atoms with Gasteiger partial charge in [-0.25, -0.2) is 18.9 Å². The zero-order valence-corrected chi connectivity index (χ0v) is 13.5. The van der Waals surface area contributed by atoms with Gasteiger partial charge >= 0.3 is 6.03 Å². The number of halogens is 1. The summed E-state index contributed by atoms with van der Waals surface area (Å²) in [5.41, 5.74) is 1.24. The number of aromatic nitrogens is 3. The van der Waals surface area contributed by atoms with Gasteiger partial charge in [0.25, 0.3) is 0 Å². The number of hydrogen-bond donors (Lipinski definition) is 2. The predicted octanol–water partition coefficient (Wildman–Crippen LogP) is 1.10. The van der Waals surface area contributed by atoms with Crippen molar-refractivity contribution >= 4 is 6.03 Å². The van der Waals surface area contributed by atoms with Crippen LogP contribution in [0.2, 0.25) is 0 Å². The van der Waals surface area contributed by atoms with Crippen LogP contribution >= 0.6 is 0 Å². The number of carbonyl (C=O) groups excluding carboxylic acids is 1. The quantitative estimate of drug-likeness (QED) is 0.868.